The summed E-state index contributed by atoms with van der Waals surface area (Å²) in [7, 11) is 0. The first-order valence-electron chi connectivity index (χ1n) is 8.68. The lowest BCUT2D eigenvalue weighted by Gasteiger charge is -2.08. The molecule has 0 bridgehead atoms. The molecule has 0 atom stereocenters. The van der Waals surface area contributed by atoms with Crippen LogP contribution in [0.2, 0.25) is 0 Å². The molecule has 3 aromatic carbocycles. The summed E-state index contributed by atoms with van der Waals surface area (Å²) in [4.78, 5) is 9.23. The molecule has 0 N–H and O–H groups in total. The largest absolute Gasteiger partial charge is 0.256 e. The first-order valence-corrected chi connectivity index (χ1v) is 8.68. The number of hydrogen-bond acceptors (Lipinski definition) is 2. The summed E-state index contributed by atoms with van der Waals surface area (Å²) in [5.41, 5.74) is 4.26. The minimum Gasteiger partial charge on any atom is -0.256 e. The summed E-state index contributed by atoms with van der Waals surface area (Å²) < 4.78 is 0. The van der Waals surface area contributed by atoms with Gasteiger partial charge in [0.05, 0.1) is 11.4 Å². The van der Waals surface area contributed by atoms with Gasteiger partial charge in [0.15, 0.2) is 0 Å². The van der Waals surface area contributed by atoms with Crippen molar-refractivity contribution in [1.82, 2.24) is 9.97 Å². The molecule has 0 aliphatic carbocycles. The average molecular weight is 332 g/mol. The maximum Gasteiger partial charge on any atom is 0.0780 e. The summed E-state index contributed by atoms with van der Waals surface area (Å²) in [6, 6.07) is 29.3. The lowest BCUT2D eigenvalue weighted by molar-refractivity contribution is 1.34. The predicted octanol–water partition coefficient (Wildman–Crippen LogP) is 6.12. The Morgan fingerprint density at radius 1 is 0.423 bits per heavy atom. The number of rotatable bonds is 2. The zero-order chi connectivity index (χ0) is 17.3. The van der Waals surface area contributed by atoms with Crippen molar-refractivity contribution < 1.29 is 0 Å². The van der Waals surface area contributed by atoms with Crippen molar-refractivity contribution in [2.75, 3.05) is 0 Å². The Bertz CT molecular complexity index is 1120. The summed E-state index contributed by atoms with van der Waals surface area (Å²) in [5.74, 6) is 0. The number of nitrogens with zero attached hydrogens (tertiary/aromatic N) is 2. The molecular formula is C24H16N2. The first-order chi connectivity index (χ1) is 12.9. The van der Waals surface area contributed by atoms with Crippen molar-refractivity contribution >= 4 is 21.5 Å². The van der Waals surface area contributed by atoms with Gasteiger partial charge >= 0.3 is 0 Å². The van der Waals surface area contributed by atoms with Gasteiger partial charge in [0, 0.05) is 34.3 Å². The highest BCUT2D eigenvalue weighted by atomic mass is 14.7. The average Bonchev–Trinajstić information content (AvgIpc) is 2.73. The Morgan fingerprint density at radius 3 is 1.31 bits per heavy atom. The van der Waals surface area contributed by atoms with E-state index in [1.54, 1.807) is 0 Å². The molecule has 0 aliphatic rings. The van der Waals surface area contributed by atoms with Crippen molar-refractivity contribution in [3.05, 3.63) is 97.3 Å². The second kappa shape index (κ2) is 6.08. The Morgan fingerprint density at radius 2 is 0.846 bits per heavy atom. The molecule has 5 rings (SSSR count). The first kappa shape index (κ1) is 14.8. The van der Waals surface area contributed by atoms with E-state index in [0.29, 0.717) is 0 Å². The molecule has 2 nitrogen and oxygen atoms in total. The second-order valence-corrected chi connectivity index (χ2v) is 6.34. The molecule has 5 aromatic rings. The van der Waals surface area contributed by atoms with Gasteiger partial charge in [-0.25, -0.2) is 0 Å². The highest BCUT2D eigenvalue weighted by Gasteiger charge is 2.08. The van der Waals surface area contributed by atoms with Crippen molar-refractivity contribution in [3.8, 4) is 22.5 Å². The standard InChI is InChI=1S/C24H16N2/c1-3-7-21-17(5-1)13-15-25-23(21)19-9-11-20(12-10-19)24-22-8-4-2-6-18(22)14-16-26-24/h1-16H. The summed E-state index contributed by atoms with van der Waals surface area (Å²) in [6.45, 7) is 0. The molecule has 122 valence electrons. The van der Waals surface area contributed by atoms with Gasteiger partial charge in [0.2, 0.25) is 0 Å². The number of pyridine rings is 2. The van der Waals surface area contributed by atoms with E-state index < -0.39 is 0 Å². The minimum absolute atomic E-state index is 1.01. The van der Waals surface area contributed by atoms with Gasteiger partial charge in [-0.1, -0.05) is 72.8 Å². The Kier molecular flexibility index (Phi) is 3.46. The van der Waals surface area contributed by atoms with E-state index in [4.69, 9.17) is 0 Å². The van der Waals surface area contributed by atoms with E-state index in [2.05, 4.69) is 82.8 Å². The van der Waals surface area contributed by atoms with Crippen molar-refractivity contribution in [3.63, 3.8) is 0 Å². The quantitative estimate of drug-likeness (QED) is 0.389. The van der Waals surface area contributed by atoms with Crippen LogP contribution in [0.3, 0.4) is 0 Å². The third-order valence-corrected chi connectivity index (χ3v) is 4.78. The van der Waals surface area contributed by atoms with Gasteiger partial charge in [-0.3, -0.25) is 9.97 Å². The van der Waals surface area contributed by atoms with Crippen molar-refractivity contribution in [2.45, 2.75) is 0 Å². The van der Waals surface area contributed by atoms with Crippen LogP contribution in [-0.4, -0.2) is 9.97 Å². The SMILES string of the molecule is c1ccc2c(-c3ccc(-c4nccc5ccccc45)cc3)nccc2c1. The van der Waals surface area contributed by atoms with Crippen LogP contribution < -0.4 is 0 Å². The van der Waals surface area contributed by atoms with E-state index in [0.717, 1.165) is 22.5 Å². The fraction of sp³-hybridized carbons (Fsp3) is 0. The van der Waals surface area contributed by atoms with Crippen molar-refractivity contribution in [2.24, 2.45) is 0 Å². The fourth-order valence-corrected chi connectivity index (χ4v) is 3.49. The van der Waals surface area contributed by atoms with Gasteiger partial charge in [-0.15, -0.1) is 0 Å². The molecule has 0 radical (unpaired) electrons. The number of aromatic nitrogens is 2. The predicted molar refractivity (Wildman–Crippen MR) is 108 cm³/mol. The number of hydrogen-bond donors (Lipinski definition) is 0. The van der Waals surface area contributed by atoms with Crippen LogP contribution in [0.15, 0.2) is 97.3 Å². The molecule has 2 aromatic heterocycles. The Balaban J connectivity index is 1.63. The molecule has 2 heterocycles. The summed E-state index contributed by atoms with van der Waals surface area (Å²) in [5, 5.41) is 4.76. The highest BCUT2D eigenvalue weighted by molar-refractivity contribution is 5.96. The summed E-state index contributed by atoms with van der Waals surface area (Å²) in [6.07, 6.45) is 3.75. The molecule has 2 heteroatoms. The fourth-order valence-electron chi connectivity index (χ4n) is 3.49. The van der Waals surface area contributed by atoms with Crippen LogP contribution in [0.25, 0.3) is 44.1 Å². The molecule has 26 heavy (non-hydrogen) atoms. The van der Waals surface area contributed by atoms with Crippen LogP contribution in [0.5, 0.6) is 0 Å². The summed E-state index contributed by atoms with van der Waals surface area (Å²) >= 11 is 0. The van der Waals surface area contributed by atoms with Gasteiger partial charge in [-0.2, -0.15) is 0 Å². The molecule has 0 amide bonds. The van der Waals surface area contributed by atoms with E-state index in [-0.39, 0.29) is 0 Å². The lowest BCUT2D eigenvalue weighted by atomic mass is 10.00. The molecule has 0 fully saturated rings. The van der Waals surface area contributed by atoms with Crippen LogP contribution in [0, 0.1) is 0 Å². The van der Waals surface area contributed by atoms with Crippen LogP contribution in [0.4, 0.5) is 0 Å². The zero-order valence-corrected chi connectivity index (χ0v) is 14.1. The highest BCUT2D eigenvalue weighted by Crippen LogP contribution is 2.30. The van der Waals surface area contributed by atoms with Gasteiger partial charge < -0.3 is 0 Å². The van der Waals surface area contributed by atoms with E-state index >= 15 is 0 Å². The molecule has 0 saturated carbocycles. The van der Waals surface area contributed by atoms with Gasteiger partial charge in [0.1, 0.15) is 0 Å². The van der Waals surface area contributed by atoms with E-state index in [1.165, 1.54) is 21.5 Å². The topological polar surface area (TPSA) is 25.8 Å². The Labute approximate surface area is 151 Å². The van der Waals surface area contributed by atoms with Crippen molar-refractivity contribution in [1.29, 1.82) is 0 Å². The number of fused-ring (bicyclic) bond motifs is 2. The molecule has 0 spiro atoms. The lowest BCUT2D eigenvalue weighted by Crippen LogP contribution is -1.88. The molecular weight excluding hydrogens is 316 g/mol. The van der Waals surface area contributed by atoms with Crippen LogP contribution in [-0.2, 0) is 0 Å². The van der Waals surface area contributed by atoms with Gasteiger partial charge in [-0.05, 0) is 22.9 Å². The molecule has 0 aliphatic heterocycles. The molecule has 0 saturated heterocycles. The van der Waals surface area contributed by atoms with Gasteiger partial charge in [0.25, 0.3) is 0 Å². The van der Waals surface area contributed by atoms with Crippen LogP contribution in [0.1, 0.15) is 0 Å². The van der Waals surface area contributed by atoms with E-state index in [9.17, 15) is 0 Å². The monoisotopic (exact) mass is 332 g/mol. The maximum atomic E-state index is 4.61. The van der Waals surface area contributed by atoms with Crippen LogP contribution >= 0.6 is 0 Å². The smallest absolute Gasteiger partial charge is 0.0780 e. The normalized spacial score (nSPS) is 11.1. The van der Waals surface area contributed by atoms with E-state index in [1.807, 2.05) is 24.5 Å². The third-order valence-electron chi connectivity index (χ3n) is 4.78. The zero-order valence-electron chi connectivity index (χ0n) is 14.1. The maximum absolute atomic E-state index is 4.61. The number of benzene rings is 3. The third kappa shape index (κ3) is 2.44. The molecule has 0 unspecified atom stereocenters. The second-order valence-electron chi connectivity index (χ2n) is 6.34. The Hall–Kier alpha value is -3.52. The minimum atomic E-state index is 1.01.